The van der Waals surface area contributed by atoms with Gasteiger partial charge in [0, 0.05) is 0 Å². The van der Waals surface area contributed by atoms with E-state index in [9.17, 15) is 39.5 Å². The molecule has 0 aliphatic carbocycles. The zero-order valence-electron chi connectivity index (χ0n) is 8.82. The molecule has 0 aromatic carbocycles. The van der Waals surface area contributed by atoms with E-state index >= 15 is 0 Å². The summed E-state index contributed by atoms with van der Waals surface area (Å²) in [6, 6.07) is 0. The van der Waals surface area contributed by atoms with Crippen LogP contribution in [0.2, 0.25) is 0 Å². The van der Waals surface area contributed by atoms with E-state index in [4.69, 9.17) is 25.9 Å². The highest BCUT2D eigenvalue weighted by molar-refractivity contribution is 7.86. The van der Waals surface area contributed by atoms with Crippen LogP contribution in [-0.4, -0.2) is 43.6 Å². The maximum Gasteiger partial charge on any atom is 0.522 e. The molecule has 0 aromatic rings. The monoisotopic (exact) mass is 404 g/mol. The molecule has 0 aromatic heterocycles. The Bertz CT molecular complexity index is 415. The largest absolute Gasteiger partial charge is 0.522 e. The van der Waals surface area contributed by atoms with Gasteiger partial charge >= 0.3 is 37.9 Å². The summed E-state index contributed by atoms with van der Waals surface area (Å²) in [4.78, 5) is 0. The molecule has 2 N–H and O–H groups in total. The Morgan fingerprint density at radius 2 is 0.714 bits per heavy atom. The van der Waals surface area contributed by atoms with Crippen LogP contribution in [0.25, 0.3) is 0 Å². The summed E-state index contributed by atoms with van der Waals surface area (Å²) in [6.07, 6.45) is 0. The summed E-state index contributed by atoms with van der Waals surface area (Å²) < 4.78 is 144. The van der Waals surface area contributed by atoms with Crippen molar-refractivity contribution in [3.8, 4) is 0 Å². The van der Waals surface area contributed by atoms with Gasteiger partial charge in [0.25, 0.3) is 0 Å². The molecule has 0 fully saturated rings. The van der Waals surface area contributed by atoms with Crippen molar-refractivity contribution in [1.29, 1.82) is 0 Å². The predicted octanol–water partition coefficient (Wildman–Crippen LogP) is 2.08. The van der Waals surface area contributed by atoms with E-state index < -0.39 is 37.9 Å². The van der Waals surface area contributed by atoms with Gasteiger partial charge in [-0.05, 0) is 0 Å². The molecule has 134 valence electrons. The predicted molar refractivity (Wildman–Crippen MR) is 52.7 cm³/mol. The van der Waals surface area contributed by atoms with Gasteiger partial charge in [0.05, 0.1) is 0 Å². The number of alkyl halides is 9. The van der Waals surface area contributed by atoms with Crippen LogP contribution in [0, 0.1) is 0 Å². The lowest BCUT2D eigenvalue weighted by atomic mass is 11.6. The molecule has 18 heteroatoms. The average molecular weight is 404 g/mol. The Labute approximate surface area is 117 Å². The van der Waals surface area contributed by atoms with Crippen molar-refractivity contribution in [2.24, 2.45) is 0 Å². The molecule has 0 saturated carbocycles. The van der Waals surface area contributed by atoms with Gasteiger partial charge in [0.15, 0.2) is 0 Å². The van der Waals surface area contributed by atoms with Gasteiger partial charge in [-0.2, -0.15) is 69.8 Å². The van der Waals surface area contributed by atoms with Crippen molar-refractivity contribution in [3.63, 3.8) is 0 Å². The molecular weight excluding hydrogens is 399 g/mol. The van der Waals surface area contributed by atoms with E-state index in [0.29, 0.717) is 0 Å². The first-order valence-corrected chi connectivity index (χ1v) is 6.11. The van der Waals surface area contributed by atoms with Crippen LogP contribution in [0.4, 0.5) is 39.5 Å². The minimum absolute atomic E-state index is 0. The van der Waals surface area contributed by atoms with Crippen LogP contribution in [-0.2, 0) is 20.2 Å². The molecule has 0 aliphatic heterocycles. The van der Waals surface area contributed by atoms with Crippen LogP contribution >= 0.6 is 13.5 Å². The molecule has 0 amide bonds. The highest BCUT2D eigenvalue weighted by atomic mass is 32.2. The van der Waals surface area contributed by atoms with Crippen LogP contribution in [0.5, 0.6) is 0 Å². The normalized spacial score (nSPS) is 12.4. The highest BCUT2D eigenvalue weighted by Gasteiger charge is 2.45. The lowest BCUT2D eigenvalue weighted by Crippen LogP contribution is -2.21. The van der Waals surface area contributed by atoms with E-state index in [1.165, 1.54) is 0 Å². The third-order valence-electron chi connectivity index (χ3n) is 0.585. The van der Waals surface area contributed by atoms with Gasteiger partial charge in [-0.15, -0.1) is 0 Å². The quantitative estimate of drug-likeness (QED) is 0.364. The van der Waals surface area contributed by atoms with E-state index in [2.05, 4.69) is 0 Å². The second kappa shape index (κ2) is 9.54. The van der Waals surface area contributed by atoms with E-state index in [-0.39, 0.29) is 13.5 Å². The van der Waals surface area contributed by atoms with Crippen molar-refractivity contribution in [3.05, 3.63) is 0 Å². The summed E-state index contributed by atoms with van der Waals surface area (Å²) in [5, 5.41) is 0. The Morgan fingerprint density at radius 3 is 0.714 bits per heavy atom. The highest BCUT2D eigenvalue weighted by Crippen LogP contribution is 2.21. The van der Waals surface area contributed by atoms with Crippen molar-refractivity contribution >= 4 is 33.7 Å². The van der Waals surface area contributed by atoms with Gasteiger partial charge in [-0.25, -0.2) is 0 Å². The first-order chi connectivity index (χ1) is 8.23. The minimum atomic E-state index is -5.84. The van der Waals surface area contributed by atoms with Crippen LogP contribution < -0.4 is 0 Å². The summed E-state index contributed by atoms with van der Waals surface area (Å²) in [5.41, 5.74) is -11.1. The first kappa shape index (κ1) is 28.7. The molecule has 0 unspecified atom stereocenters. The number of rotatable bonds is 0. The van der Waals surface area contributed by atoms with Crippen molar-refractivity contribution in [1.82, 2.24) is 0 Å². The van der Waals surface area contributed by atoms with Gasteiger partial charge in [-0.3, -0.25) is 9.11 Å². The minimum Gasteiger partial charge on any atom is -0.279 e. The maximum absolute atomic E-state index is 10.7. The van der Waals surface area contributed by atoms with Crippen molar-refractivity contribution in [2.75, 3.05) is 0 Å². The number of hydrogen-bond acceptors (Lipinski definition) is 4. The smallest absolute Gasteiger partial charge is 0.279 e. The van der Waals surface area contributed by atoms with E-state index in [0.717, 1.165) is 0 Å². The third-order valence-corrected chi connectivity index (χ3v) is 1.75. The van der Waals surface area contributed by atoms with E-state index in [1.54, 1.807) is 0 Å². The summed E-state index contributed by atoms with van der Waals surface area (Å²) in [6.45, 7) is -3.67. The first-order valence-electron chi connectivity index (χ1n) is 3.23. The fourth-order valence-electron chi connectivity index (χ4n) is 0. The van der Waals surface area contributed by atoms with Crippen LogP contribution in [0.3, 0.4) is 0 Å². The second-order valence-electron chi connectivity index (χ2n) is 2.09. The van der Waals surface area contributed by atoms with Crippen molar-refractivity contribution in [2.45, 2.75) is 17.7 Å². The van der Waals surface area contributed by atoms with Crippen molar-refractivity contribution < 1.29 is 65.5 Å². The van der Waals surface area contributed by atoms with Crippen LogP contribution in [0.15, 0.2) is 0 Å². The molecule has 0 bridgehead atoms. The number of halogens is 9. The Kier molecular flexibility index (Phi) is 13.0. The molecule has 6 nitrogen and oxygen atoms in total. The molecule has 0 rings (SSSR count). The Morgan fingerprint density at radius 1 is 0.667 bits per heavy atom. The fraction of sp³-hybridized carbons (Fsp3) is 1.00. The molecule has 0 heterocycles. The fourth-order valence-corrected chi connectivity index (χ4v) is 0. The summed E-state index contributed by atoms with van der Waals surface area (Å²) in [7, 11) is -11.7. The molecule has 21 heavy (non-hydrogen) atoms. The Balaban J connectivity index is -0.000000107. The van der Waals surface area contributed by atoms with Gasteiger partial charge < -0.3 is 0 Å². The second-order valence-corrected chi connectivity index (χ2v) is 4.92. The molecular formula is C3H5F9O6S3. The topological polar surface area (TPSA) is 109 Å². The molecule has 0 atom stereocenters. The average Bonchev–Trinajstić information content (AvgIpc) is 1.94. The summed E-state index contributed by atoms with van der Waals surface area (Å²) >= 11 is 0. The van der Waals surface area contributed by atoms with Gasteiger partial charge in [-0.1, -0.05) is 0 Å². The van der Waals surface area contributed by atoms with Crippen LogP contribution in [0.1, 0.15) is 0 Å². The Hall–Kier alpha value is -0.460. The lowest BCUT2D eigenvalue weighted by Gasteiger charge is -1.97. The lowest BCUT2D eigenvalue weighted by molar-refractivity contribution is -0.0514. The van der Waals surface area contributed by atoms with Gasteiger partial charge in [0.1, 0.15) is 0 Å². The van der Waals surface area contributed by atoms with Gasteiger partial charge in [0.2, 0.25) is 0 Å². The van der Waals surface area contributed by atoms with E-state index in [1.807, 2.05) is 0 Å². The number of hydrogen-bond donors (Lipinski definition) is 2. The SMILES string of the molecule is FC(F)F.O=S(=O)(O)C(F)(F)F.O=S(=O)(O)C(F)(F)F.S. The molecule has 0 aliphatic rings. The standard InChI is InChI=1S/2CHF3O3S.CHF3.H2S/c2*2-1(3,4)8(5,6)7;2-1(3)4;/h2*(H,5,6,7);1H;1H2. The summed E-state index contributed by atoms with van der Waals surface area (Å²) in [5.74, 6) is 0. The molecule has 0 saturated heterocycles. The zero-order chi connectivity index (χ0) is 17.6. The third kappa shape index (κ3) is 19.5. The molecule has 0 spiro atoms. The zero-order valence-corrected chi connectivity index (χ0v) is 11.5. The molecule has 0 radical (unpaired) electrons. The maximum atomic E-state index is 10.7.